The molecular weight excluding hydrogens is 244 g/mol. The summed E-state index contributed by atoms with van der Waals surface area (Å²) in [7, 11) is 1.85. The molecular formula is C11H16N8. The van der Waals surface area contributed by atoms with Gasteiger partial charge in [0.15, 0.2) is 0 Å². The van der Waals surface area contributed by atoms with Crippen LogP contribution in [-0.4, -0.2) is 37.8 Å². The molecule has 19 heavy (non-hydrogen) atoms. The fraction of sp³-hybridized carbons (Fsp3) is 0.455. The second-order valence-corrected chi connectivity index (χ2v) is 4.54. The standard InChI is InChI=1S/C11H16N8/c1-18-7-8(6-13-18)14-10-15-9(12)16-11(17-10)19-4-2-3-5-19/h6-7H,2-5H2,1H3,(H3,12,14,15,16,17). The molecule has 3 heterocycles. The first-order valence-corrected chi connectivity index (χ1v) is 6.23. The number of hydrogen-bond donors (Lipinski definition) is 2. The number of rotatable bonds is 3. The molecule has 2 aromatic rings. The number of aromatic nitrogens is 5. The van der Waals surface area contributed by atoms with Crippen molar-refractivity contribution >= 4 is 23.5 Å². The average molecular weight is 260 g/mol. The first-order valence-electron chi connectivity index (χ1n) is 6.23. The third-order valence-corrected chi connectivity index (χ3v) is 2.99. The summed E-state index contributed by atoms with van der Waals surface area (Å²) in [5.74, 6) is 1.31. The van der Waals surface area contributed by atoms with E-state index < -0.39 is 0 Å². The highest BCUT2D eigenvalue weighted by Gasteiger charge is 2.16. The summed E-state index contributed by atoms with van der Waals surface area (Å²) in [6.07, 6.45) is 5.87. The van der Waals surface area contributed by atoms with E-state index in [0.29, 0.717) is 11.9 Å². The lowest BCUT2D eigenvalue weighted by atomic mass is 10.4. The zero-order valence-electron chi connectivity index (χ0n) is 10.7. The van der Waals surface area contributed by atoms with E-state index in [2.05, 4.69) is 30.3 Å². The van der Waals surface area contributed by atoms with Gasteiger partial charge >= 0.3 is 0 Å². The summed E-state index contributed by atoms with van der Waals surface area (Å²) in [5, 5.41) is 7.15. The molecule has 0 aliphatic carbocycles. The van der Waals surface area contributed by atoms with E-state index in [9.17, 15) is 0 Å². The molecule has 3 N–H and O–H groups in total. The van der Waals surface area contributed by atoms with Crippen molar-refractivity contribution < 1.29 is 0 Å². The largest absolute Gasteiger partial charge is 0.368 e. The van der Waals surface area contributed by atoms with Crippen LogP contribution >= 0.6 is 0 Å². The zero-order valence-corrected chi connectivity index (χ0v) is 10.7. The maximum absolute atomic E-state index is 5.74. The molecule has 100 valence electrons. The van der Waals surface area contributed by atoms with Gasteiger partial charge in [-0.15, -0.1) is 0 Å². The highest BCUT2D eigenvalue weighted by molar-refractivity contribution is 5.53. The van der Waals surface area contributed by atoms with Gasteiger partial charge in [-0.05, 0) is 12.8 Å². The van der Waals surface area contributed by atoms with Gasteiger partial charge in [-0.1, -0.05) is 0 Å². The van der Waals surface area contributed by atoms with Gasteiger partial charge in [0.1, 0.15) is 0 Å². The number of anilines is 4. The Morgan fingerprint density at radius 2 is 2.00 bits per heavy atom. The predicted molar refractivity (Wildman–Crippen MR) is 72.2 cm³/mol. The lowest BCUT2D eigenvalue weighted by Gasteiger charge is -2.15. The minimum atomic E-state index is 0.225. The summed E-state index contributed by atoms with van der Waals surface area (Å²) in [5.41, 5.74) is 6.56. The van der Waals surface area contributed by atoms with E-state index in [1.807, 2.05) is 13.2 Å². The maximum Gasteiger partial charge on any atom is 0.233 e. The van der Waals surface area contributed by atoms with Crippen LogP contribution < -0.4 is 16.0 Å². The Balaban J connectivity index is 1.84. The SMILES string of the molecule is Cn1cc(Nc2nc(N)nc(N3CCCC3)n2)cn1. The second-order valence-electron chi connectivity index (χ2n) is 4.54. The van der Waals surface area contributed by atoms with Gasteiger partial charge in [0, 0.05) is 26.3 Å². The third kappa shape index (κ3) is 2.56. The highest BCUT2D eigenvalue weighted by atomic mass is 15.3. The van der Waals surface area contributed by atoms with Crippen LogP contribution in [0.1, 0.15) is 12.8 Å². The van der Waals surface area contributed by atoms with Gasteiger partial charge in [0.2, 0.25) is 17.8 Å². The first kappa shape index (κ1) is 11.7. The molecule has 0 aromatic carbocycles. The van der Waals surface area contributed by atoms with Crippen LogP contribution in [0.15, 0.2) is 12.4 Å². The van der Waals surface area contributed by atoms with Crippen molar-refractivity contribution in [1.82, 2.24) is 24.7 Å². The normalized spacial score (nSPS) is 14.9. The van der Waals surface area contributed by atoms with Gasteiger partial charge in [-0.3, -0.25) is 4.68 Å². The third-order valence-electron chi connectivity index (χ3n) is 2.99. The molecule has 8 heteroatoms. The molecule has 0 bridgehead atoms. The fourth-order valence-corrected chi connectivity index (χ4v) is 2.11. The number of nitrogens with zero attached hydrogens (tertiary/aromatic N) is 6. The van der Waals surface area contributed by atoms with Crippen molar-refractivity contribution in [2.24, 2.45) is 7.05 Å². The minimum Gasteiger partial charge on any atom is -0.368 e. The van der Waals surface area contributed by atoms with Gasteiger partial charge in [-0.2, -0.15) is 20.1 Å². The quantitative estimate of drug-likeness (QED) is 0.830. The van der Waals surface area contributed by atoms with Crippen LogP contribution in [0.4, 0.5) is 23.5 Å². The Labute approximate surface area is 110 Å². The molecule has 0 saturated carbocycles. The summed E-state index contributed by atoms with van der Waals surface area (Å²) >= 11 is 0. The van der Waals surface area contributed by atoms with E-state index in [-0.39, 0.29) is 5.95 Å². The summed E-state index contributed by atoms with van der Waals surface area (Å²) < 4.78 is 1.70. The van der Waals surface area contributed by atoms with Gasteiger partial charge in [0.05, 0.1) is 11.9 Å². The molecule has 0 spiro atoms. The Bertz CT molecular complexity index is 572. The lowest BCUT2D eigenvalue weighted by Crippen LogP contribution is -2.21. The van der Waals surface area contributed by atoms with Crippen LogP contribution in [0.5, 0.6) is 0 Å². The van der Waals surface area contributed by atoms with Crippen molar-refractivity contribution in [2.75, 3.05) is 29.0 Å². The molecule has 1 aliphatic rings. The number of nitrogens with one attached hydrogen (secondary N) is 1. The Morgan fingerprint density at radius 3 is 2.68 bits per heavy atom. The smallest absolute Gasteiger partial charge is 0.233 e. The monoisotopic (exact) mass is 260 g/mol. The number of nitrogen functional groups attached to an aromatic ring is 1. The van der Waals surface area contributed by atoms with Gasteiger partial charge in [-0.25, -0.2) is 0 Å². The van der Waals surface area contributed by atoms with Crippen LogP contribution in [0.25, 0.3) is 0 Å². The number of nitrogens with two attached hydrogens (primary N) is 1. The zero-order chi connectivity index (χ0) is 13.2. The first-order chi connectivity index (χ1) is 9.20. The van der Waals surface area contributed by atoms with Gasteiger partial charge < -0.3 is 16.0 Å². The van der Waals surface area contributed by atoms with Crippen LogP contribution in [0.3, 0.4) is 0 Å². The molecule has 1 fully saturated rings. The predicted octanol–water partition coefficient (Wildman–Crippen LogP) is 0.531. The number of hydrogen-bond acceptors (Lipinski definition) is 7. The molecule has 1 aliphatic heterocycles. The molecule has 2 aromatic heterocycles. The van der Waals surface area contributed by atoms with Crippen LogP contribution in [0, 0.1) is 0 Å². The van der Waals surface area contributed by atoms with Crippen LogP contribution in [0.2, 0.25) is 0 Å². The number of aryl methyl sites for hydroxylation is 1. The van der Waals surface area contributed by atoms with Crippen molar-refractivity contribution in [2.45, 2.75) is 12.8 Å². The Kier molecular flexibility index (Phi) is 2.90. The summed E-state index contributed by atoms with van der Waals surface area (Å²) in [4.78, 5) is 14.8. The van der Waals surface area contributed by atoms with E-state index in [4.69, 9.17) is 5.73 Å². The van der Waals surface area contributed by atoms with E-state index >= 15 is 0 Å². The van der Waals surface area contributed by atoms with Crippen molar-refractivity contribution in [3.05, 3.63) is 12.4 Å². The molecule has 0 radical (unpaired) electrons. The average Bonchev–Trinajstić information content (AvgIpc) is 3.00. The van der Waals surface area contributed by atoms with Crippen molar-refractivity contribution in [1.29, 1.82) is 0 Å². The summed E-state index contributed by atoms with van der Waals surface area (Å²) in [6.45, 7) is 1.94. The summed E-state index contributed by atoms with van der Waals surface area (Å²) in [6, 6.07) is 0. The maximum atomic E-state index is 5.74. The second kappa shape index (κ2) is 4.71. The highest BCUT2D eigenvalue weighted by Crippen LogP contribution is 2.19. The van der Waals surface area contributed by atoms with E-state index in [0.717, 1.165) is 31.6 Å². The molecule has 3 rings (SSSR count). The molecule has 1 saturated heterocycles. The Hall–Kier alpha value is -2.38. The van der Waals surface area contributed by atoms with Crippen LogP contribution in [-0.2, 0) is 7.05 Å². The fourth-order valence-electron chi connectivity index (χ4n) is 2.11. The van der Waals surface area contributed by atoms with E-state index in [1.165, 1.54) is 0 Å². The topological polar surface area (TPSA) is 97.8 Å². The van der Waals surface area contributed by atoms with Gasteiger partial charge in [0.25, 0.3) is 0 Å². The molecule has 0 unspecified atom stereocenters. The molecule has 0 atom stereocenters. The van der Waals surface area contributed by atoms with Crippen molar-refractivity contribution in [3.63, 3.8) is 0 Å². The van der Waals surface area contributed by atoms with E-state index in [1.54, 1.807) is 10.9 Å². The minimum absolute atomic E-state index is 0.225. The Morgan fingerprint density at radius 1 is 1.21 bits per heavy atom. The van der Waals surface area contributed by atoms with Crippen molar-refractivity contribution in [3.8, 4) is 0 Å². The molecule has 8 nitrogen and oxygen atoms in total. The lowest BCUT2D eigenvalue weighted by molar-refractivity contribution is 0.768. The molecule has 0 amide bonds.